The molecule has 0 bridgehead atoms. The Bertz CT molecular complexity index is 1310. The fourth-order valence-corrected chi connectivity index (χ4v) is 5.47. The lowest BCUT2D eigenvalue weighted by atomic mass is 10.2. The molecule has 1 amide bonds. The molecule has 6 rings (SSSR count). The minimum Gasteiger partial charge on any atom is -0.376 e. The van der Waals surface area contributed by atoms with E-state index in [1.54, 1.807) is 6.20 Å². The van der Waals surface area contributed by atoms with Crippen LogP contribution in [-0.4, -0.2) is 46.6 Å². The van der Waals surface area contributed by atoms with Crippen LogP contribution in [0.3, 0.4) is 0 Å². The van der Waals surface area contributed by atoms with E-state index in [1.807, 2.05) is 17.0 Å². The SMILES string of the molecule is Cc1cc2cc(Nc3ccnc4cc(C(=O)N5CCC(OCC6CC6)C5)sc34)ccc2[nH]1. The Morgan fingerprint density at radius 3 is 3.03 bits per heavy atom. The number of aromatic amines is 1. The van der Waals surface area contributed by atoms with Crippen molar-refractivity contribution in [2.45, 2.75) is 32.3 Å². The van der Waals surface area contributed by atoms with Crippen molar-refractivity contribution < 1.29 is 9.53 Å². The van der Waals surface area contributed by atoms with E-state index >= 15 is 0 Å². The summed E-state index contributed by atoms with van der Waals surface area (Å²) in [7, 11) is 0. The first-order valence-corrected chi connectivity index (χ1v) is 12.1. The monoisotopic (exact) mass is 446 g/mol. The predicted molar refractivity (Wildman–Crippen MR) is 129 cm³/mol. The third-order valence-electron chi connectivity index (χ3n) is 6.35. The summed E-state index contributed by atoms with van der Waals surface area (Å²) in [5.41, 5.74) is 5.11. The van der Waals surface area contributed by atoms with E-state index in [1.165, 1.54) is 29.6 Å². The van der Waals surface area contributed by atoms with Crippen molar-refractivity contribution in [2.75, 3.05) is 25.0 Å². The van der Waals surface area contributed by atoms with Crippen molar-refractivity contribution in [1.29, 1.82) is 0 Å². The Labute approximate surface area is 190 Å². The van der Waals surface area contributed by atoms with Gasteiger partial charge in [-0.1, -0.05) is 0 Å². The summed E-state index contributed by atoms with van der Waals surface area (Å²) in [5.74, 6) is 0.835. The molecule has 32 heavy (non-hydrogen) atoms. The van der Waals surface area contributed by atoms with E-state index in [-0.39, 0.29) is 12.0 Å². The van der Waals surface area contributed by atoms with Crippen LogP contribution in [0.1, 0.15) is 34.6 Å². The van der Waals surface area contributed by atoms with Crippen LogP contribution in [0.15, 0.2) is 42.6 Å². The second kappa shape index (κ2) is 7.90. The van der Waals surface area contributed by atoms with Gasteiger partial charge in [0.05, 0.1) is 26.9 Å². The van der Waals surface area contributed by atoms with E-state index in [4.69, 9.17) is 4.74 Å². The van der Waals surface area contributed by atoms with E-state index in [9.17, 15) is 4.79 Å². The Balaban J connectivity index is 1.21. The topological polar surface area (TPSA) is 70.2 Å². The molecule has 1 aliphatic carbocycles. The summed E-state index contributed by atoms with van der Waals surface area (Å²) in [5, 5.41) is 4.70. The lowest BCUT2D eigenvalue weighted by molar-refractivity contribution is 0.0482. The summed E-state index contributed by atoms with van der Waals surface area (Å²) in [6.07, 6.45) is 5.48. The molecule has 1 aromatic carbocycles. The molecule has 2 fully saturated rings. The standard InChI is InChI=1S/C25H26N4O2S/c1-15-10-17-11-18(4-5-20(17)27-15)28-21-6-8-26-22-12-23(32-24(21)22)25(30)29-9-7-19(13-29)31-14-16-2-3-16/h4-6,8,10-12,16,19,27H,2-3,7,9,13-14H2,1H3,(H,26,28). The number of nitrogens with one attached hydrogen (secondary N) is 2. The Kier molecular flexibility index (Phi) is 4.88. The molecule has 3 aromatic heterocycles. The first-order valence-electron chi connectivity index (χ1n) is 11.3. The highest BCUT2D eigenvalue weighted by molar-refractivity contribution is 7.21. The molecule has 0 spiro atoms. The van der Waals surface area contributed by atoms with Crippen LogP contribution in [0.25, 0.3) is 21.1 Å². The number of aromatic nitrogens is 2. The number of aryl methyl sites for hydroxylation is 1. The number of pyridine rings is 1. The number of amides is 1. The zero-order chi connectivity index (χ0) is 21.7. The van der Waals surface area contributed by atoms with E-state index < -0.39 is 0 Å². The number of anilines is 2. The van der Waals surface area contributed by atoms with Crippen LogP contribution in [0.2, 0.25) is 0 Å². The highest BCUT2D eigenvalue weighted by Crippen LogP contribution is 2.34. The van der Waals surface area contributed by atoms with Gasteiger partial charge in [-0.05, 0) is 68.5 Å². The number of carbonyl (C=O) groups is 1. The average Bonchev–Trinajstić information content (AvgIpc) is 3.18. The third-order valence-corrected chi connectivity index (χ3v) is 7.50. The summed E-state index contributed by atoms with van der Waals surface area (Å²) in [6, 6.07) is 12.3. The second-order valence-corrected chi connectivity index (χ2v) is 10.1. The maximum atomic E-state index is 13.2. The first-order chi connectivity index (χ1) is 15.6. The normalized spacial score (nSPS) is 18.7. The Morgan fingerprint density at radius 2 is 2.16 bits per heavy atom. The molecule has 1 atom stereocenters. The molecule has 1 aliphatic heterocycles. The fourth-order valence-electron chi connectivity index (χ4n) is 4.41. The van der Waals surface area contributed by atoms with E-state index in [0.29, 0.717) is 6.54 Å². The van der Waals surface area contributed by atoms with Gasteiger partial charge >= 0.3 is 0 Å². The zero-order valence-electron chi connectivity index (χ0n) is 18.1. The van der Waals surface area contributed by atoms with Crippen LogP contribution >= 0.6 is 11.3 Å². The van der Waals surface area contributed by atoms with Crippen molar-refractivity contribution in [1.82, 2.24) is 14.9 Å². The maximum absolute atomic E-state index is 13.2. The van der Waals surface area contributed by atoms with Gasteiger partial charge in [0.25, 0.3) is 5.91 Å². The Hall–Kier alpha value is -2.90. The van der Waals surface area contributed by atoms with Crippen molar-refractivity contribution in [3.63, 3.8) is 0 Å². The molecule has 7 heteroatoms. The molecule has 4 aromatic rings. The number of H-pyrrole nitrogens is 1. The van der Waals surface area contributed by atoms with Crippen LogP contribution in [0.5, 0.6) is 0 Å². The van der Waals surface area contributed by atoms with E-state index in [0.717, 1.165) is 63.2 Å². The molecule has 1 saturated carbocycles. The third kappa shape index (κ3) is 3.87. The summed E-state index contributed by atoms with van der Waals surface area (Å²) in [6.45, 7) is 4.36. The lowest BCUT2D eigenvalue weighted by Gasteiger charge is -2.15. The molecule has 164 valence electrons. The molecular weight excluding hydrogens is 420 g/mol. The first kappa shape index (κ1) is 19.8. The van der Waals surface area contributed by atoms with E-state index in [2.05, 4.69) is 46.5 Å². The molecule has 2 aliphatic rings. The molecule has 0 radical (unpaired) electrons. The zero-order valence-corrected chi connectivity index (χ0v) is 18.9. The lowest BCUT2D eigenvalue weighted by Crippen LogP contribution is -2.29. The number of ether oxygens (including phenoxy) is 1. The van der Waals surface area contributed by atoms with Crippen molar-refractivity contribution in [2.24, 2.45) is 5.92 Å². The van der Waals surface area contributed by atoms with Gasteiger partial charge < -0.3 is 19.9 Å². The van der Waals surface area contributed by atoms with Gasteiger partial charge in [-0.25, -0.2) is 0 Å². The summed E-state index contributed by atoms with van der Waals surface area (Å²) in [4.78, 5) is 23.7. The number of benzene rings is 1. The van der Waals surface area contributed by atoms with Gasteiger partial charge in [-0.2, -0.15) is 0 Å². The van der Waals surface area contributed by atoms with Gasteiger partial charge in [0, 0.05) is 48.2 Å². The Morgan fingerprint density at radius 1 is 1.25 bits per heavy atom. The molecule has 2 N–H and O–H groups in total. The maximum Gasteiger partial charge on any atom is 0.264 e. The molecule has 4 heterocycles. The van der Waals surface area contributed by atoms with Gasteiger partial charge in [-0.15, -0.1) is 11.3 Å². The highest BCUT2D eigenvalue weighted by atomic mass is 32.1. The van der Waals surface area contributed by atoms with Gasteiger partial charge in [0.15, 0.2) is 0 Å². The van der Waals surface area contributed by atoms with Crippen LogP contribution in [0, 0.1) is 12.8 Å². The van der Waals surface area contributed by atoms with Crippen LogP contribution in [0.4, 0.5) is 11.4 Å². The average molecular weight is 447 g/mol. The van der Waals surface area contributed by atoms with Crippen LogP contribution < -0.4 is 5.32 Å². The minimum absolute atomic E-state index is 0.0840. The minimum atomic E-state index is 0.0840. The number of nitrogens with zero attached hydrogens (tertiary/aromatic N) is 2. The quantitative estimate of drug-likeness (QED) is 0.412. The summed E-state index contributed by atoms with van der Waals surface area (Å²) >= 11 is 1.51. The predicted octanol–water partition coefficient (Wildman–Crippen LogP) is 5.47. The number of thiophene rings is 1. The van der Waals surface area contributed by atoms with Crippen molar-refractivity contribution in [3.05, 3.63) is 53.2 Å². The number of rotatable bonds is 6. The molecule has 1 saturated heterocycles. The number of fused-ring (bicyclic) bond motifs is 2. The fraction of sp³-hybridized carbons (Fsp3) is 0.360. The van der Waals surface area contributed by atoms with Crippen LogP contribution in [-0.2, 0) is 4.74 Å². The number of hydrogen-bond donors (Lipinski definition) is 2. The smallest absolute Gasteiger partial charge is 0.264 e. The second-order valence-electron chi connectivity index (χ2n) is 9.00. The summed E-state index contributed by atoms with van der Waals surface area (Å²) < 4.78 is 7.01. The molecule has 1 unspecified atom stereocenters. The molecule has 6 nitrogen and oxygen atoms in total. The van der Waals surface area contributed by atoms with Gasteiger partial charge in [0.1, 0.15) is 0 Å². The van der Waals surface area contributed by atoms with Crippen molar-refractivity contribution in [3.8, 4) is 0 Å². The number of hydrogen-bond acceptors (Lipinski definition) is 5. The van der Waals surface area contributed by atoms with Gasteiger partial charge in [-0.3, -0.25) is 9.78 Å². The van der Waals surface area contributed by atoms with Gasteiger partial charge in [0.2, 0.25) is 0 Å². The van der Waals surface area contributed by atoms with Crippen molar-refractivity contribution >= 4 is 49.7 Å². The number of likely N-dealkylation sites (tertiary alicyclic amines) is 1. The molecular formula is C25H26N4O2S. The highest BCUT2D eigenvalue weighted by Gasteiger charge is 2.30. The number of carbonyl (C=O) groups excluding carboxylic acids is 1. The largest absolute Gasteiger partial charge is 0.376 e.